The maximum absolute atomic E-state index is 9.44. The molecule has 0 aromatic rings. The van der Waals surface area contributed by atoms with E-state index in [-0.39, 0.29) is 0 Å². The van der Waals surface area contributed by atoms with Crippen LogP contribution in [0.4, 0.5) is 0 Å². The van der Waals surface area contributed by atoms with Gasteiger partial charge in [-0.05, 0) is 0 Å². The van der Waals surface area contributed by atoms with Gasteiger partial charge in [0.2, 0.25) is 0 Å². The molecule has 0 aromatic heterocycles. The van der Waals surface area contributed by atoms with Gasteiger partial charge in [-0.15, -0.1) is 3.63 Å². The fourth-order valence-corrected chi connectivity index (χ4v) is 1.58. The first-order valence-corrected chi connectivity index (χ1v) is 6.51. The van der Waals surface area contributed by atoms with Gasteiger partial charge in [0.05, 0.1) is 0 Å². The molecule has 0 aliphatic carbocycles. The fourth-order valence-electron chi connectivity index (χ4n) is 0.712. The molecule has 0 radical (unpaired) electrons. The van der Waals surface area contributed by atoms with Crippen molar-refractivity contribution in [2.24, 2.45) is 0 Å². The van der Waals surface area contributed by atoms with Crippen molar-refractivity contribution in [2.75, 3.05) is 26.2 Å². The summed E-state index contributed by atoms with van der Waals surface area (Å²) in [5.74, 6) is 0. The van der Waals surface area contributed by atoms with E-state index in [2.05, 4.69) is 14.3 Å². The van der Waals surface area contributed by atoms with Crippen LogP contribution in [0.3, 0.4) is 0 Å². The molecule has 0 atom stereocenters. The Balaban J connectivity index is 0.000000280. The monoisotopic (exact) mass is 264 g/mol. The van der Waals surface area contributed by atoms with Crippen LogP contribution in [0.15, 0.2) is 0 Å². The molecule has 0 bridgehead atoms. The Labute approximate surface area is 87.7 Å². The van der Waals surface area contributed by atoms with Gasteiger partial charge in [-0.2, -0.15) is 16.8 Å². The maximum atomic E-state index is 9.44. The van der Waals surface area contributed by atoms with Crippen LogP contribution in [0, 0.1) is 0 Å². The van der Waals surface area contributed by atoms with Crippen molar-refractivity contribution in [1.29, 1.82) is 0 Å². The number of piperazine rings is 1. The van der Waals surface area contributed by atoms with Crippen LogP contribution in [-0.2, 0) is 24.4 Å². The molecule has 1 rings (SSSR count). The average molecular weight is 264 g/mol. The second-order valence-corrected chi connectivity index (χ2v) is 4.68. The van der Waals surface area contributed by atoms with Crippen LogP contribution in [0.5, 0.6) is 0 Å². The number of hydrogen-bond donors (Lipinski definition) is 4. The quantitative estimate of drug-likeness (QED) is 0.408. The van der Waals surface area contributed by atoms with E-state index in [0.717, 1.165) is 26.2 Å². The molecule has 11 heteroatoms. The highest BCUT2D eigenvalue weighted by atomic mass is 32.3. The summed E-state index contributed by atoms with van der Waals surface area (Å²) in [5, 5.41) is 6.44. The van der Waals surface area contributed by atoms with Crippen molar-refractivity contribution in [3.8, 4) is 0 Å². The van der Waals surface area contributed by atoms with Crippen molar-refractivity contribution in [3.63, 3.8) is 0 Å². The Morgan fingerprint density at radius 3 is 1.13 bits per heavy atom. The van der Waals surface area contributed by atoms with Gasteiger partial charge >= 0.3 is 20.8 Å². The van der Waals surface area contributed by atoms with Crippen LogP contribution in [0.2, 0.25) is 0 Å². The molecule has 0 aromatic carbocycles. The van der Waals surface area contributed by atoms with E-state index < -0.39 is 20.8 Å². The standard InChI is InChI=1S/C4H10N2.H2O7S2/c1-2-6-4-3-5-1;1-8(2,3)7-9(4,5)6/h5-6H,1-4H2;(H,1,2,3)(H,4,5,6). The number of rotatable bonds is 2. The molecule has 0 amide bonds. The highest BCUT2D eigenvalue weighted by molar-refractivity contribution is 7.94. The molecule has 92 valence electrons. The maximum Gasteiger partial charge on any atom is 0.413 e. The van der Waals surface area contributed by atoms with Gasteiger partial charge in [-0.3, -0.25) is 9.11 Å². The van der Waals surface area contributed by atoms with Gasteiger partial charge in [0.15, 0.2) is 0 Å². The minimum Gasteiger partial charge on any atom is -0.314 e. The van der Waals surface area contributed by atoms with Crippen molar-refractivity contribution in [1.82, 2.24) is 10.6 Å². The summed E-state index contributed by atoms with van der Waals surface area (Å²) < 4.78 is 55.6. The Morgan fingerprint density at radius 2 is 1.07 bits per heavy atom. The van der Waals surface area contributed by atoms with Gasteiger partial charge in [-0.25, -0.2) is 0 Å². The minimum absolute atomic E-state index is 1.14. The Hall–Kier alpha value is -0.300. The predicted molar refractivity (Wildman–Crippen MR) is 49.9 cm³/mol. The summed E-state index contributed by atoms with van der Waals surface area (Å²) in [6.07, 6.45) is 0. The van der Waals surface area contributed by atoms with E-state index in [1.54, 1.807) is 0 Å². The number of nitrogens with one attached hydrogen (secondary N) is 2. The van der Waals surface area contributed by atoms with E-state index >= 15 is 0 Å². The van der Waals surface area contributed by atoms with E-state index in [9.17, 15) is 16.8 Å². The number of hydrogen-bond acceptors (Lipinski definition) is 7. The molecule has 0 saturated carbocycles. The Morgan fingerprint density at radius 1 is 0.800 bits per heavy atom. The van der Waals surface area contributed by atoms with Gasteiger partial charge < -0.3 is 10.6 Å². The first-order valence-electron chi connectivity index (χ1n) is 3.78. The summed E-state index contributed by atoms with van der Waals surface area (Å²) >= 11 is 0. The van der Waals surface area contributed by atoms with E-state index in [4.69, 9.17) is 9.11 Å². The van der Waals surface area contributed by atoms with Gasteiger partial charge in [0, 0.05) is 26.2 Å². The molecule has 1 aliphatic rings. The zero-order chi connectivity index (χ0) is 11.9. The third-order valence-electron chi connectivity index (χ3n) is 1.13. The Bertz CT molecular complexity index is 315. The van der Waals surface area contributed by atoms with Gasteiger partial charge in [-0.1, -0.05) is 0 Å². The SMILES string of the molecule is C1CNCCN1.O=S(=O)(O)OS(=O)(=O)O. The topological polar surface area (TPSA) is 142 Å². The summed E-state index contributed by atoms with van der Waals surface area (Å²) in [6, 6.07) is 0. The molecule has 1 heterocycles. The van der Waals surface area contributed by atoms with Gasteiger partial charge in [0.1, 0.15) is 0 Å². The van der Waals surface area contributed by atoms with Crippen molar-refractivity contribution in [2.45, 2.75) is 0 Å². The van der Waals surface area contributed by atoms with Crippen LogP contribution in [0.1, 0.15) is 0 Å². The molecule has 4 N–H and O–H groups in total. The van der Waals surface area contributed by atoms with Gasteiger partial charge in [0.25, 0.3) is 0 Å². The first-order chi connectivity index (χ1) is 6.71. The zero-order valence-electron chi connectivity index (χ0n) is 7.58. The molecule has 15 heavy (non-hydrogen) atoms. The summed E-state index contributed by atoms with van der Waals surface area (Å²) in [6.45, 7) is 4.56. The summed E-state index contributed by atoms with van der Waals surface area (Å²) in [4.78, 5) is 0. The lowest BCUT2D eigenvalue weighted by Gasteiger charge is -2.11. The van der Waals surface area contributed by atoms with Crippen molar-refractivity contribution < 1.29 is 29.6 Å². The van der Waals surface area contributed by atoms with Crippen molar-refractivity contribution in [3.05, 3.63) is 0 Å². The molecule has 0 unspecified atom stereocenters. The molecule has 0 spiro atoms. The first kappa shape index (κ1) is 14.7. The Kier molecular flexibility index (Phi) is 6.19. The van der Waals surface area contributed by atoms with E-state index in [1.807, 2.05) is 0 Å². The molecule has 1 saturated heterocycles. The van der Waals surface area contributed by atoms with Crippen LogP contribution in [-0.4, -0.2) is 52.1 Å². The highest BCUT2D eigenvalue weighted by Crippen LogP contribution is 1.91. The normalized spacial score (nSPS) is 17.7. The highest BCUT2D eigenvalue weighted by Gasteiger charge is 2.15. The van der Waals surface area contributed by atoms with Crippen LogP contribution in [0.25, 0.3) is 0 Å². The second kappa shape index (κ2) is 6.32. The summed E-state index contributed by atoms with van der Waals surface area (Å²) in [5.41, 5.74) is 0. The molecular weight excluding hydrogens is 252 g/mol. The molecule has 1 aliphatic heterocycles. The van der Waals surface area contributed by atoms with Crippen molar-refractivity contribution >= 4 is 20.8 Å². The smallest absolute Gasteiger partial charge is 0.314 e. The lowest BCUT2D eigenvalue weighted by atomic mass is 10.4. The zero-order valence-corrected chi connectivity index (χ0v) is 9.21. The fraction of sp³-hybridized carbons (Fsp3) is 1.00. The lowest BCUT2D eigenvalue weighted by molar-refractivity contribution is 0.344. The third-order valence-corrected chi connectivity index (χ3v) is 2.50. The van der Waals surface area contributed by atoms with Crippen LogP contribution >= 0.6 is 0 Å². The van der Waals surface area contributed by atoms with E-state index in [1.165, 1.54) is 0 Å². The summed E-state index contributed by atoms with van der Waals surface area (Å²) in [7, 11) is -10.2. The second-order valence-electron chi connectivity index (χ2n) is 2.42. The van der Waals surface area contributed by atoms with E-state index in [0.29, 0.717) is 0 Å². The lowest BCUT2D eigenvalue weighted by Crippen LogP contribution is -2.39. The average Bonchev–Trinajstić information content (AvgIpc) is 2.01. The minimum atomic E-state index is -5.12. The largest absolute Gasteiger partial charge is 0.413 e. The molecule has 9 nitrogen and oxygen atoms in total. The third kappa shape index (κ3) is 13.7. The predicted octanol–water partition coefficient (Wildman–Crippen LogP) is -2.21. The molecule has 1 fully saturated rings. The van der Waals surface area contributed by atoms with Crippen LogP contribution < -0.4 is 10.6 Å². The molecular formula is C4H12N2O7S2.